The Balaban J connectivity index is 2.52. The third-order valence-electron chi connectivity index (χ3n) is 2.40. The van der Waals surface area contributed by atoms with Gasteiger partial charge in [0.05, 0.1) is 4.90 Å². The van der Waals surface area contributed by atoms with Gasteiger partial charge in [-0.25, -0.2) is 17.9 Å². The van der Waals surface area contributed by atoms with Crippen molar-refractivity contribution >= 4 is 16.1 Å². The first kappa shape index (κ1) is 17.2. The summed E-state index contributed by atoms with van der Waals surface area (Å²) in [6.45, 7) is -1.44. The van der Waals surface area contributed by atoms with Crippen LogP contribution >= 0.6 is 0 Å². The molecule has 0 saturated carbocycles. The van der Waals surface area contributed by atoms with Gasteiger partial charge in [-0.05, 0) is 24.7 Å². The number of amides is 2. The Morgan fingerprint density at radius 3 is 2.19 bits per heavy atom. The van der Waals surface area contributed by atoms with Gasteiger partial charge >= 0.3 is 12.2 Å². The highest BCUT2D eigenvalue weighted by Gasteiger charge is 2.27. The van der Waals surface area contributed by atoms with Crippen LogP contribution in [0.15, 0.2) is 29.2 Å². The predicted octanol–water partition coefficient (Wildman–Crippen LogP) is 0.956. The molecular weight excluding hydrogens is 311 g/mol. The summed E-state index contributed by atoms with van der Waals surface area (Å²) in [6.07, 6.45) is -4.47. The smallest absolute Gasteiger partial charge is 0.334 e. The Morgan fingerprint density at radius 2 is 1.71 bits per heavy atom. The molecule has 0 bridgehead atoms. The molecule has 0 radical (unpaired) electrons. The molecule has 1 rings (SSSR count). The largest absolute Gasteiger partial charge is 0.405 e. The summed E-state index contributed by atoms with van der Waals surface area (Å²) in [6, 6.07) is 4.61. The van der Waals surface area contributed by atoms with Crippen molar-refractivity contribution < 1.29 is 26.4 Å². The van der Waals surface area contributed by atoms with Crippen LogP contribution in [0.2, 0.25) is 0 Å². The van der Waals surface area contributed by atoms with Crippen molar-refractivity contribution in [2.75, 3.05) is 13.6 Å². The molecule has 0 aromatic heterocycles. The Bertz CT molecular complexity index is 585. The van der Waals surface area contributed by atoms with E-state index in [2.05, 4.69) is 10.0 Å². The number of hydrogen-bond acceptors (Lipinski definition) is 3. The van der Waals surface area contributed by atoms with Crippen LogP contribution in [0.5, 0.6) is 0 Å². The maximum absolute atomic E-state index is 11.9. The third kappa shape index (κ3) is 6.00. The van der Waals surface area contributed by atoms with Crippen LogP contribution < -0.4 is 15.4 Å². The number of carbonyl (C=O) groups is 1. The monoisotopic (exact) mass is 325 g/mol. The number of hydrogen-bond donors (Lipinski definition) is 3. The number of nitrogens with one attached hydrogen (secondary N) is 3. The fourth-order valence-corrected chi connectivity index (χ4v) is 2.06. The quantitative estimate of drug-likeness (QED) is 0.753. The van der Waals surface area contributed by atoms with E-state index in [1.807, 2.05) is 0 Å². The van der Waals surface area contributed by atoms with Gasteiger partial charge in [-0.1, -0.05) is 12.1 Å². The molecule has 1 aromatic rings. The number of halogens is 3. The van der Waals surface area contributed by atoms with Crippen LogP contribution in [-0.2, 0) is 16.6 Å². The molecule has 21 heavy (non-hydrogen) atoms. The second-order valence-corrected chi connectivity index (χ2v) is 5.89. The first-order valence-corrected chi connectivity index (χ1v) is 7.23. The zero-order valence-corrected chi connectivity index (χ0v) is 11.8. The Morgan fingerprint density at radius 1 is 1.14 bits per heavy atom. The van der Waals surface area contributed by atoms with E-state index in [1.54, 1.807) is 5.32 Å². The topological polar surface area (TPSA) is 87.3 Å². The van der Waals surface area contributed by atoms with Gasteiger partial charge < -0.3 is 10.6 Å². The molecule has 0 heterocycles. The average molecular weight is 325 g/mol. The molecule has 0 aliphatic rings. The van der Waals surface area contributed by atoms with Crippen molar-refractivity contribution in [1.82, 2.24) is 15.4 Å². The summed E-state index contributed by atoms with van der Waals surface area (Å²) >= 11 is 0. The summed E-state index contributed by atoms with van der Waals surface area (Å²) in [5.74, 6) is 0. The number of urea groups is 1. The fraction of sp³-hybridized carbons (Fsp3) is 0.364. The molecule has 2 amide bonds. The molecule has 118 valence electrons. The number of sulfonamides is 1. The van der Waals surface area contributed by atoms with Crippen molar-refractivity contribution in [1.29, 1.82) is 0 Å². The number of carbonyl (C=O) groups excluding carboxylic acids is 1. The van der Waals surface area contributed by atoms with E-state index in [1.165, 1.54) is 31.3 Å². The second-order valence-electron chi connectivity index (χ2n) is 4.00. The van der Waals surface area contributed by atoms with E-state index in [9.17, 15) is 26.4 Å². The molecule has 6 nitrogen and oxygen atoms in total. The average Bonchev–Trinajstić information content (AvgIpc) is 2.42. The van der Waals surface area contributed by atoms with Gasteiger partial charge in [0.1, 0.15) is 6.54 Å². The Labute approximate surface area is 119 Å². The standard InChI is InChI=1S/C11H14F3N3O3S/c1-15-21(19,20)9-4-2-8(3-5-9)6-16-10(18)17-7-11(12,13)14/h2-5,15H,6-7H2,1H3,(H2,16,17,18). The Hall–Kier alpha value is -1.81. The highest BCUT2D eigenvalue weighted by atomic mass is 32.2. The Kier molecular flexibility index (Phi) is 5.55. The van der Waals surface area contributed by atoms with E-state index >= 15 is 0 Å². The first-order chi connectivity index (χ1) is 9.64. The van der Waals surface area contributed by atoms with Crippen molar-refractivity contribution in [2.24, 2.45) is 0 Å². The molecule has 0 fully saturated rings. The molecular formula is C11H14F3N3O3S. The molecule has 1 aromatic carbocycles. The molecule has 0 spiro atoms. The number of rotatable bonds is 5. The maximum Gasteiger partial charge on any atom is 0.405 e. The highest BCUT2D eigenvalue weighted by Crippen LogP contribution is 2.12. The van der Waals surface area contributed by atoms with Gasteiger partial charge in [0.2, 0.25) is 10.0 Å². The van der Waals surface area contributed by atoms with Gasteiger partial charge in [-0.3, -0.25) is 0 Å². The van der Waals surface area contributed by atoms with Gasteiger partial charge in [0.15, 0.2) is 0 Å². The minimum absolute atomic E-state index is 0.0242. The van der Waals surface area contributed by atoms with Crippen LogP contribution in [-0.4, -0.2) is 34.2 Å². The normalized spacial score (nSPS) is 12.0. The van der Waals surface area contributed by atoms with Crippen LogP contribution in [0.1, 0.15) is 5.56 Å². The zero-order valence-electron chi connectivity index (χ0n) is 11.0. The van der Waals surface area contributed by atoms with Gasteiger partial charge in [0.25, 0.3) is 0 Å². The minimum Gasteiger partial charge on any atom is -0.334 e. The third-order valence-corrected chi connectivity index (χ3v) is 3.84. The lowest BCUT2D eigenvalue weighted by Crippen LogP contribution is -2.40. The highest BCUT2D eigenvalue weighted by molar-refractivity contribution is 7.89. The van der Waals surface area contributed by atoms with Crippen LogP contribution in [0.3, 0.4) is 0 Å². The van der Waals surface area contributed by atoms with E-state index in [-0.39, 0.29) is 11.4 Å². The molecule has 0 atom stereocenters. The number of alkyl halides is 3. The fourth-order valence-electron chi connectivity index (χ4n) is 1.33. The van der Waals surface area contributed by atoms with E-state index < -0.39 is 28.8 Å². The summed E-state index contributed by atoms with van der Waals surface area (Å²) in [5.41, 5.74) is 0.548. The molecule has 0 saturated heterocycles. The minimum atomic E-state index is -4.47. The van der Waals surface area contributed by atoms with E-state index in [4.69, 9.17) is 0 Å². The van der Waals surface area contributed by atoms with E-state index in [0.717, 1.165) is 0 Å². The lowest BCUT2D eigenvalue weighted by atomic mass is 10.2. The molecule has 3 N–H and O–H groups in total. The summed E-state index contributed by atoms with van der Waals surface area (Å²) in [7, 11) is -2.27. The molecule has 0 aliphatic heterocycles. The lowest BCUT2D eigenvalue weighted by molar-refractivity contribution is -0.122. The summed E-state index contributed by atoms with van der Waals surface area (Å²) < 4.78 is 60.7. The SMILES string of the molecule is CNS(=O)(=O)c1ccc(CNC(=O)NCC(F)(F)F)cc1. The summed E-state index contributed by atoms with van der Waals surface area (Å²) in [4.78, 5) is 11.2. The first-order valence-electron chi connectivity index (χ1n) is 5.75. The predicted molar refractivity (Wildman–Crippen MR) is 69.0 cm³/mol. The van der Waals surface area contributed by atoms with Gasteiger partial charge in [-0.2, -0.15) is 13.2 Å². The van der Waals surface area contributed by atoms with E-state index in [0.29, 0.717) is 5.56 Å². The van der Waals surface area contributed by atoms with Crippen molar-refractivity contribution in [3.63, 3.8) is 0 Å². The maximum atomic E-state index is 11.9. The van der Waals surface area contributed by atoms with Crippen LogP contribution in [0.25, 0.3) is 0 Å². The second kappa shape index (κ2) is 6.76. The van der Waals surface area contributed by atoms with Crippen molar-refractivity contribution in [3.8, 4) is 0 Å². The van der Waals surface area contributed by atoms with Crippen LogP contribution in [0, 0.1) is 0 Å². The van der Waals surface area contributed by atoms with Gasteiger partial charge in [-0.15, -0.1) is 0 Å². The van der Waals surface area contributed by atoms with Crippen molar-refractivity contribution in [3.05, 3.63) is 29.8 Å². The van der Waals surface area contributed by atoms with Crippen molar-refractivity contribution in [2.45, 2.75) is 17.6 Å². The number of benzene rings is 1. The lowest BCUT2D eigenvalue weighted by Gasteiger charge is -2.10. The molecule has 0 unspecified atom stereocenters. The zero-order chi connectivity index (χ0) is 16.1. The summed E-state index contributed by atoms with van der Waals surface area (Å²) in [5, 5.41) is 3.89. The van der Waals surface area contributed by atoms with Crippen LogP contribution in [0.4, 0.5) is 18.0 Å². The molecule has 10 heteroatoms. The molecule has 0 aliphatic carbocycles. The van der Waals surface area contributed by atoms with Gasteiger partial charge in [0, 0.05) is 6.54 Å².